The van der Waals surface area contributed by atoms with Crippen LogP contribution in [0, 0.1) is 0 Å². The van der Waals surface area contributed by atoms with Gasteiger partial charge in [-0.15, -0.1) is 0 Å². The summed E-state index contributed by atoms with van der Waals surface area (Å²) in [5, 5.41) is 1.80. The maximum atomic E-state index is 5.02. The van der Waals surface area contributed by atoms with Gasteiger partial charge in [0.05, 0.1) is 0 Å². The van der Waals surface area contributed by atoms with E-state index >= 15 is 0 Å². The molecule has 0 amide bonds. The Bertz CT molecular complexity index is 304. The number of hydrogen-bond acceptors (Lipinski definition) is 1. The van der Waals surface area contributed by atoms with Crippen molar-refractivity contribution < 1.29 is 0 Å². The highest BCUT2D eigenvalue weighted by Crippen LogP contribution is 2.12. The van der Waals surface area contributed by atoms with Crippen LogP contribution >= 0.6 is 12.2 Å². The third kappa shape index (κ3) is 4.89. The first-order valence-electron chi connectivity index (χ1n) is 6.41. The fraction of sp³-hybridized carbons (Fsp3) is 0.533. The lowest BCUT2D eigenvalue weighted by molar-refractivity contribution is 0.607. The normalized spacial score (nSPS) is 10.3. The summed E-state index contributed by atoms with van der Waals surface area (Å²) in [5.74, 6) is 0. The predicted molar refractivity (Wildman–Crippen MR) is 76.3 cm³/mol. The number of unbranched alkanes of at least 4 members (excludes halogenated alkanes) is 5. The molecule has 1 aromatic rings. The molecule has 0 saturated carbocycles. The smallest absolute Gasteiger partial charge is 0.00888 e. The molecular weight excluding hydrogens is 212 g/mol. The molecule has 16 heavy (non-hydrogen) atoms. The van der Waals surface area contributed by atoms with Gasteiger partial charge in [-0.2, -0.15) is 0 Å². The third-order valence-corrected chi connectivity index (χ3v) is 3.24. The van der Waals surface area contributed by atoms with E-state index in [-0.39, 0.29) is 0 Å². The molecule has 0 N–H and O–H groups in total. The second-order valence-corrected chi connectivity index (χ2v) is 4.57. The minimum absolute atomic E-state index is 1.18. The molecule has 1 aromatic carbocycles. The van der Waals surface area contributed by atoms with Crippen molar-refractivity contribution in [1.82, 2.24) is 0 Å². The van der Waals surface area contributed by atoms with E-state index in [1.165, 1.54) is 56.1 Å². The molecule has 0 spiro atoms. The second-order valence-electron chi connectivity index (χ2n) is 4.33. The third-order valence-electron chi connectivity index (χ3n) is 2.98. The summed E-state index contributed by atoms with van der Waals surface area (Å²) in [5.41, 5.74) is 2.64. The van der Waals surface area contributed by atoms with E-state index in [9.17, 15) is 0 Å². The summed E-state index contributed by atoms with van der Waals surface area (Å²) >= 11 is 5.02. The molecule has 0 unspecified atom stereocenters. The first-order chi connectivity index (χ1) is 7.88. The summed E-state index contributed by atoms with van der Waals surface area (Å²) in [4.78, 5) is 0. The van der Waals surface area contributed by atoms with E-state index in [0.29, 0.717) is 0 Å². The Hall–Kier alpha value is -0.690. The van der Waals surface area contributed by atoms with Crippen molar-refractivity contribution in [3.05, 3.63) is 35.4 Å². The molecule has 0 aliphatic heterocycles. The van der Waals surface area contributed by atoms with Crippen molar-refractivity contribution in [1.29, 1.82) is 0 Å². The number of thiocarbonyl (C=S) groups is 1. The Labute approximate surface area is 105 Å². The predicted octanol–water partition coefficient (Wildman–Crippen LogP) is 4.94. The minimum Gasteiger partial charge on any atom is -0.0881 e. The Morgan fingerprint density at radius 2 is 1.69 bits per heavy atom. The molecule has 0 radical (unpaired) electrons. The molecule has 0 atom stereocenters. The van der Waals surface area contributed by atoms with Crippen molar-refractivity contribution in [3.63, 3.8) is 0 Å². The number of rotatable bonds is 8. The largest absolute Gasteiger partial charge is 0.0881 e. The van der Waals surface area contributed by atoms with Crippen LogP contribution in [0.2, 0.25) is 0 Å². The molecule has 0 aliphatic rings. The topological polar surface area (TPSA) is 0 Å². The van der Waals surface area contributed by atoms with Crippen molar-refractivity contribution in [3.8, 4) is 0 Å². The zero-order chi connectivity index (χ0) is 11.6. The van der Waals surface area contributed by atoms with Crippen LogP contribution in [-0.2, 0) is 6.42 Å². The molecule has 1 rings (SSSR count). The van der Waals surface area contributed by atoms with Crippen LogP contribution in [-0.4, -0.2) is 5.37 Å². The Morgan fingerprint density at radius 3 is 2.44 bits per heavy atom. The fourth-order valence-corrected chi connectivity index (χ4v) is 2.20. The maximum Gasteiger partial charge on any atom is 0.00888 e. The molecule has 0 aromatic heterocycles. The van der Waals surface area contributed by atoms with Gasteiger partial charge in [0.25, 0.3) is 0 Å². The quantitative estimate of drug-likeness (QED) is 0.453. The monoisotopic (exact) mass is 234 g/mol. The van der Waals surface area contributed by atoms with Crippen molar-refractivity contribution in [2.45, 2.75) is 51.9 Å². The highest BCUT2D eigenvalue weighted by molar-refractivity contribution is 7.79. The van der Waals surface area contributed by atoms with E-state index < -0.39 is 0 Å². The van der Waals surface area contributed by atoms with Gasteiger partial charge in [-0.3, -0.25) is 0 Å². The second kappa shape index (κ2) is 8.46. The Morgan fingerprint density at radius 1 is 1.00 bits per heavy atom. The standard InChI is InChI=1S/C15H22S/c1-2-3-4-5-6-7-10-14-11-8-9-12-15(14)13-16/h8-9,11-13H,2-7,10H2,1H3. The summed E-state index contributed by atoms with van der Waals surface area (Å²) in [6.45, 7) is 2.26. The zero-order valence-corrected chi connectivity index (χ0v) is 11.1. The zero-order valence-electron chi connectivity index (χ0n) is 10.2. The van der Waals surface area contributed by atoms with Crippen molar-refractivity contribution in [2.24, 2.45) is 0 Å². The molecule has 0 aliphatic carbocycles. The van der Waals surface area contributed by atoms with E-state index in [4.69, 9.17) is 12.2 Å². The summed E-state index contributed by atoms with van der Waals surface area (Å²) in [6.07, 6.45) is 9.31. The van der Waals surface area contributed by atoms with Crippen LogP contribution < -0.4 is 0 Å². The molecule has 88 valence electrons. The van der Waals surface area contributed by atoms with E-state index in [1.54, 1.807) is 5.37 Å². The van der Waals surface area contributed by atoms with Crippen LogP contribution in [0.1, 0.15) is 56.6 Å². The number of aryl methyl sites for hydroxylation is 1. The lowest BCUT2D eigenvalue weighted by Crippen LogP contribution is -1.92. The summed E-state index contributed by atoms with van der Waals surface area (Å²) < 4.78 is 0. The number of hydrogen-bond donors (Lipinski definition) is 0. The van der Waals surface area contributed by atoms with Crippen LogP contribution in [0.25, 0.3) is 0 Å². The van der Waals surface area contributed by atoms with Gasteiger partial charge in [0.15, 0.2) is 0 Å². The van der Waals surface area contributed by atoms with Crippen molar-refractivity contribution in [2.75, 3.05) is 0 Å². The molecule has 0 bridgehead atoms. The lowest BCUT2D eigenvalue weighted by atomic mass is 10.0. The number of benzene rings is 1. The van der Waals surface area contributed by atoms with Crippen LogP contribution in [0.15, 0.2) is 24.3 Å². The SMILES string of the molecule is CCCCCCCCc1ccccc1C=S. The van der Waals surface area contributed by atoms with Gasteiger partial charge in [-0.1, -0.05) is 75.5 Å². The molecule has 0 nitrogen and oxygen atoms in total. The lowest BCUT2D eigenvalue weighted by Gasteiger charge is -2.05. The fourth-order valence-electron chi connectivity index (χ4n) is 1.97. The molecule has 0 heterocycles. The van der Waals surface area contributed by atoms with Gasteiger partial charge >= 0.3 is 0 Å². The Balaban J connectivity index is 2.23. The van der Waals surface area contributed by atoms with Crippen LogP contribution in [0.4, 0.5) is 0 Å². The van der Waals surface area contributed by atoms with E-state index in [0.717, 1.165) is 0 Å². The van der Waals surface area contributed by atoms with Crippen LogP contribution in [0.3, 0.4) is 0 Å². The molecule has 0 fully saturated rings. The molecule has 1 heteroatoms. The van der Waals surface area contributed by atoms with Gasteiger partial charge in [0, 0.05) is 5.37 Å². The first-order valence-corrected chi connectivity index (χ1v) is 6.88. The van der Waals surface area contributed by atoms with Gasteiger partial charge in [-0.25, -0.2) is 0 Å². The van der Waals surface area contributed by atoms with E-state index in [2.05, 4.69) is 31.2 Å². The first kappa shape index (κ1) is 13.4. The Kier molecular flexibility index (Phi) is 7.07. The van der Waals surface area contributed by atoms with Crippen LogP contribution in [0.5, 0.6) is 0 Å². The highest BCUT2D eigenvalue weighted by Gasteiger charge is 1.98. The van der Waals surface area contributed by atoms with Gasteiger partial charge in [0.2, 0.25) is 0 Å². The minimum atomic E-state index is 1.18. The summed E-state index contributed by atoms with van der Waals surface area (Å²) in [6, 6.07) is 8.47. The van der Waals surface area contributed by atoms with Crippen molar-refractivity contribution >= 4 is 17.6 Å². The maximum absolute atomic E-state index is 5.02. The van der Waals surface area contributed by atoms with Gasteiger partial charge < -0.3 is 0 Å². The van der Waals surface area contributed by atoms with E-state index in [1.807, 2.05) is 0 Å². The highest BCUT2D eigenvalue weighted by atomic mass is 32.1. The average Bonchev–Trinajstić information content (AvgIpc) is 2.34. The summed E-state index contributed by atoms with van der Waals surface area (Å²) in [7, 11) is 0. The van der Waals surface area contributed by atoms with Gasteiger partial charge in [0.1, 0.15) is 0 Å². The molecule has 0 saturated heterocycles. The van der Waals surface area contributed by atoms with Gasteiger partial charge in [-0.05, 0) is 24.0 Å². The average molecular weight is 234 g/mol. The molecular formula is C15H22S.